The third kappa shape index (κ3) is 3.55. The molecule has 0 aromatic heterocycles. The van der Waals surface area contributed by atoms with E-state index in [0.29, 0.717) is 0 Å². The van der Waals surface area contributed by atoms with Gasteiger partial charge in [0.25, 0.3) is 0 Å². The predicted molar refractivity (Wildman–Crippen MR) is 120 cm³/mol. The minimum Gasteiger partial charge on any atom is -0.508 e. The second-order valence-electron chi connectivity index (χ2n) is 6.49. The van der Waals surface area contributed by atoms with E-state index in [9.17, 15) is 15.3 Å². The first-order valence-electron chi connectivity index (χ1n) is 8.73. The Morgan fingerprint density at radius 3 is 1.29 bits per heavy atom. The molecule has 138 valence electrons. The molecular formula is C24H17IO3. The Morgan fingerprint density at radius 1 is 0.429 bits per heavy atom. The number of halogens is 1. The maximum absolute atomic E-state index is 9.73. The van der Waals surface area contributed by atoms with E-state index in [1.807, 2.05) is 36.4 Å². The van der Waals surface area contributed by atoms with Crippen molar-refractivity contribution >= 4 is 22.6 Å². The molecule has 0 saturated heterocycles. The summed E-state index contributed by atoms with van der Waals surface area (Å²) in [6.07, 6.45) is 0. The van der Waals surface area contributed by atoms with E-state index < -0.39 is 0 Å². The lowest BCUT2D eigenvalue weighted by molar-refractivity contribution is 0.475. The van der Waals surface area contributed by atoms with E-state index in [0.717, 1.165) is 37.0 Å². The molecule has 4 rings (SSSR count). The predicted octanol–water partition coefficient (Wildman–Crippen LogP) is 6.41. The van der Waals surface area contributed by atoms with Crippen LogP contribution >= 0.6 is 22.6 Å². The van der Waals surface area contributed by atoms with Gasteiger partial charge < -0.3 is 15.3 Å². The average molecular weight is 480 g/mol. The highest BCUT2D eigenvalue weighted by atomic mass is 127. The molecule has 4 aromatic carbocycles. The second kappa shape index (κ2) is 7.56. The first-order chi connectivity index (χ1) is 13.5. The molecule has 0 atom stereocenters. The van der Waals surface area contributed by atoms with Gasteiger partial charge in [0.05, 0.1) is 0 Å². The zero-order valence-electron chi connectivity index (χ0n) is 14.8. The fourth-order valence-corrected chi connectivity index (χ4v) is 4.06. The number of aromatic hydroxyl groups is 3. The highest BCUT2D eigenvalue weighted by Crippen LogP contribution is 2.43. The SMILES string of the molecule is Oc1ccc(-c2ccc(I)c(-c3ccc(O)cc3)c2-c2ccc(O)cc2)cc1. The third-order valence-corrected chi connectivity index (χ3v) is 5.54. The van der Waals surface area contributed by atoms with Crippen LogP contribution in [0.15, 0.2) is 84.9 Å². The van der Waals surface area contributed by atoms with Gasteiger partial charge in [-0.3, -0.25) is 0 Å². The maximum Gasteiger partial charge on any atom is 0.115 e. The molecule has 0 saturated carbocycles. The van der Waals surface area contributed by atoms with Gasteiger partial charge in [-0.05, 0) is 92.9 Å². The standard InChI is InChI=1S/C24H17IO3/c25-22-14-13-21(15-1-7-18(26)8-2-15)23(16-3-9-19(27)10-4-16)24(22)17-5-11-20(28)12-6-17/h1-14,26-28H. The van der Waals surface area contributed by atoms with Crippen LogP contribution in [0.2, 0.25) is 0 Å². The summed E-state index contributed by atoms with van der Waals surface area (Å²) in [5.41, 5.74) is 6.06. The van der Waals surface area contributed by atoms with Gasteiger partial charge in [0.2, 0.25) is 0 Å². The third-order valence-electron chi connectivity index (χ3n) is 4.64. The zero-order valence-corrected chi connectivity index (χ0v) is 17.0. The molecule has 0 spiro atoms. The summed E-state index contributed by atoms with van der Waals surface area (Å²) < 4.78 is 1.08. The lowest BCUT2D eigenvalue weighted by Crippen LogP contribution is -1.93. The summed E-state index contributed by atoms with van der Waals surface area (Å²) in [6.45, 7) is 0. The summed E-state index contributed by atoms with van der Waals surface area (Å²) in [5.74, 6) is 0.658. The van der Waals surface area contributed by atoms with Gasteiger partial charge in [0, 0.05) is 9.13 Å². The molecule has 0 aliphatic carbocycles. The Bertz CT molecular complexity index is 1120. The minimum atomic E-state index is 0.215. The van der Waals surface area contributed by atoms with Crippen molar-refractivity contribution in [2.75, 3.05) is 0 Å². The molecule has 4 heteroatoms. The van der Waals surface area contributed by atoms with Crippen molar-refractivity contribution in [3.63, 3.8) is 0 Å². The van der Waals surface area contributed by atoms with Crippen LogP contribution in [0.1, 0.15) is 0 Å². The summed E-state index contributed by atoms with van der Waals surface area (Å²) in [7, 11) is 0. The molecule has 28 heavy (non-hydrogen) atoms. The first-order valence-corrected chi connectivity index (χ1v) is 9.81. The van der Waals surface area contributed by atoms with Gasteiger partial charge in [0.1, 0.15) is 17.2 Å². The van der Waals surface area contributed by atoms with Crippen molar-refractivity contribution in [1.82, 2.24) is 0 Å². The molecule has 0 amide bonds. The monoisotopic (exact) mass is 480 g/mol. The van der Waals surface area contributed by atoms with Crippen LogP contribution in [0, 0.1) is 3.57 Å². The average Bonchev–Trinajstić information content (AvgIpc) is 2.70. The number of hydrogen-bond acceptors (Lipinski definition) is 3. The highest BCUT2D eigenvalue weighted by Gasteiger charge is 2.17. The molecule has 0 heterocycles. The summed E-state index contributed by atoms with van der Waals surface area (Å²) in [4.78, 5) is 0. The van der Waals surface area contributed by atoms with Crippen LogP contribution < -0.4 is 0 Å². The molecule has 0 radical (unpaired) electrons. The Labute approximate surface area is 176 Å². The Balaban J connectivity index is 2.04. The molecule has 3 nitrogen and oxygen atoms in total. The van der Waals surface area contributed by atoms with Crippen LogP contribution in [0.5, 0.6) is 17.2 Å². The van der Waals surface area contributed by atoms with E-state index in [1.165, 1.54) is 0 Å². The summed E-state index contributed by atoms with van der Waals surface area (Å²) in [5, 5.41) is 29.1. The number of hydrogen-bond donors (Lipinski definition) is 3. The number of rotatable bonds is 3. The van der Waals surface area contributed by atoms with Gasteiger partial charge in [-0.25, -0.2) is 0 Å². The normalized spacial score (nSPS) is 10.8. The smallest absolute Gasteiger partial charge is 0.115 e. The molecular weight excluding hydrogens is 463 g/mol. The molecule has 0 aliphatic heterocycles. The van der Waals surface area contributed by atoms with E-state index in [2.05, 4.69) is 34.7 Å². The molecule has 3 N–H and O–H groups in total. The quantitative estimate of drug-likeness (QED) is 0.297. The molecule has 0 fully saturated rings. The van der Waals surface area contributed by atoms with E-state index >= 15 is 0 Å². The second-order valence-corrected chi connectivity index (χ2v) is 7.65. The Morgan fingerprint density at radius 2 is 0.821 bits per heavy atom. The number of benzene rings is 4. The van der Waals surface area contributed by atoms with E-state index in [4.69, 9.17) is 0 Å². The topological polar surface area (TPSA) is 60.7 Å². The Hall–Kier alpha value is -2.99. The molecule has 4 aromatic rings. The number of phenolic OH excluding ortho intramolecular Hbond substituents is 3. The van der Waals surface area contributed by atoms with Crippen LogP contribution in [0.3, 0.4) is 0 Å². The molecule has 0 aliphatic rings. The highest BCUT2D eigenvalue weighted by molar-refractivity contribution is 14.1. The van der Waals surface area contributed by atoms with Crippen molar-refractivity contribution < 1.29 is 15.3 Å². The number of phenols is 3. The van der Waals surface area contributed by atoms with Crippen molar-refractivity contribution in [2.24, 2.45) is 0 Å². The molecule has 0 unspecified atom stereocenters. The lowest BCUT2D eigenvalue weighted by atomic mass is 9.87. The van der Waals surface area contributed by atoms with Gasteiger partial charge in [-0.15, -0.1) is 0 Å². The fraction of sp³-hybridized carbons (Fsp3) is 0. The van der Waals surface area contributed by atoms with Gasteiger partial charge in [0.15, 0.2) is 0 Å². The van der Waals surface area contributed by atoms with Gasteiger partial charge >= 0.3 is 0 Å². The van der Waals surface area contributed by atoms with Crippen molar-refractivity contribution in [1.29, 1.82) is 0 Å². The van der Waals surface area contributed by atoms with Gasteiger partial charge in [-0.1, -0.05) is 42.5 Å². The van der Waals surface area contributed by atoms with Crippen molar-refractivity contribution in [3.8, 4) is 50.6 Å². The van der Waals surface area contributed by atoms with E-state index in [1.54, 1.807) is 36.4 Å². The molecule has 0 bridgehead atoms. The largest absolute Gasteiger partial charge is 0.508 e. The summed E-state index contributed by atoms with van der Waals surface area (Å²) in [6, 6.07) is 25.6. The lowest BCUT2D eigenvalue weighted by Gasteiger charge is -2.18. The summed E-state index contributed by atoms with van der Waals surface area (Å²) >= 11 is 2.32. The fourth-order valence-electron chi connectivity index (χ4n) is 3.30. The first kappa shape index (κ1) is 18.4. The van der Waals surface area contributed by atoms with Gasteiger partial charge in [-0.2, -0.15) is 0 Å². The Kier molecular flexibility index (Phi) is 4.96. The van der Waals surface area contributed by atoms with Crippen LogP contribution in [0.25, 0.3) is 33.4 Å². The zero-order chi connectivity index (χ0) is 19.7. The van der Waals surface area contributed by atoms with Crippen LogP contribution in [-0.2, 0) is 0 Å². The minimum absolute atomic E-state index is 0.215. The van der Waals surface area contributed by atoms with Crippen molar-refractivity contribution in [3.05, 3.63) is 88.5 Å². The van der Waals surface area contributed by atoms with Crippen LogP contribution in [0.4, 0.5) is 0 Å². The van der Waals surface area contributed by atoms with Crippen molar-refractivity contribution in [2.45, 2.75) is 0 Å². The van der Waals surface area contributed by atoms with Crippen LogP contribution in [-0.4, -0.2) is 15.3 Å². The van der Waals surface area contributed by atoms with E-state index in [-0.39, 0.29) is 17.2 Å². The maximum atomic E-state index is 9.73.